The minimum Gasteiger partial charge on any atom is -0.467 e. The lowest BCUT2D eigenvalue weighted by atomic mass is 10.0. The Bertz CT molecular complexity index is 816. The van der Waals surface area contributed by atoms with Crippen molar-refractivity contribution in [3.8, 4) is 17.6 Å². The van der Waals surface area contributed by atoms with Gasteiger partial charge in [0.2, 0.25) is 5.78 Å². The largest absolute Gasteiger partial charge is 0.573 e. The molecule has 0 aliphatic carbocycles. The van der Waals surface area contributed by atoms with Crippen LogP contribution in [0.25, 0.3) is 0 Å². The second-order valence-electron chi connectivity index (χ2n) is 4.60. The van der Waals surface area contributed by atoms with Crippen molar-refractivity contribution in [2.24, 2.45) is 0 Å². The molecule has 2 aromatic rings. The van der Waals surface area contributed by atoms with Gasteiger partial charge in [0.1, 0.15) is 23.3 Å². The van der Waals surface area contributed by atoms with Crippen molar-refractivity contribution in [3.63, 3.8) is 0 Å². The van der Waals surface area contributed by atoms with E-state index in [9.17, 15) is 18.0 Å². The molecule has 0 spiro atoms. The summed E-state index contributed by atoms with van der Waals surface area (Å²) < 4.78 is 51.0. The summed E-state index contributed by atoms with van der Waals surface area (Å²) in [6, 6.07) is 7.64. The highest BCUT2D eigenvalue weighted by atomic mass is 19.4. The molecule has 0 atom stereocenters. The van der Waals surface area contributed by atoms with Crippen molar-refractivity contribution in [2.75, 3.05) is 13.9 Å². The van der Waals surface area contributed by atoms with Gasteiger partial charge < -0.3 is 14.2 Å². The fourth-order valence-electron chi connectivity index (χ4n) is 1.94. The smallest absolute Gasteiger partial charge is 0.467 e. The molecule has 2 rings (SSSR count). The first kappa shape index (κ1) is 18.2. The number of nitrogens with zero attached hydrogens (tertiary/aromatic N) is 2. The number of ether oxygens (including phenoxy) is 3. The number of hydrogen-bond donors (Lipinski definition) is 0. The van der Waals surface area contributed by atoms with E-state index in [1.54, 1.807) is 6.07 Å². The zero-order valence-corrected chi connectivity index (χ0v) is 12.8. The predicted molar refractivity (Wildman–Crippen MR) is 78.0 cm³/mol. The maximum Gasteiger partial charge on any atom is 0.573 e. The molecule has 0 radical (unpaired) electrons. The lowest BCUT2D eigenvalue weighted by Crippen LogP contribution is -2.18. The van der Waals surface area contributed by atoms with Crippen molar-refractivity contribution >= 4 is 5.78 Å². The second kappa shape index (κ2) is 7.63. The molecule has 1 aromatic heterocycles. The van der Waals surface area contributed by atoms with Crippen LogP contribution >= 0.6 is 0 Å². The maximum absolute atomic E-state index is 12.7. The molecule has 1 heterocycles. The van der Waals surface area contributed by atoms with E-state index >= 15 is 0 Å². The van der Waals surface area contributed by atoms with E-state index in [0.717, 1.165) is 18.2 Å². The highest BCUT2D eigenvalue weighted by Gasteiger charge is 2.32. The number of alkyl halides is 3. The number of carbonyl (C=O) groups excluding carboxylic acids is 1. The summed E-state index contributed by atoms with van der Waals surface area (Å²) >= 11 is 0. The molecule has 130 valence electrons. The number of aromatic nitrogens is 1. The van der Waals surface area contributed by atoms with Gasteiger partial charge in [-0.3, -0.25) is 9.78 Å². The van der Waals surface area contributed by atoms with Gasteiger partial charge in [0.15, 0.2) is 6.79 Å². The third-order valence-corrected chi connectivity index (χ3v) is 2.90. The molecule has 0 aliphatic rings. The minimum absolute atomic E-state index is 0.0210. The zero-order chi connectivity index (χ0) is 18.4. The standard InChI is InChI=1S/C16H11F3N2O4/c1-23-9-24-13-5-4-11(25-16(17,18)19)7-12(13)15(22)14-10(8-20)3-2-6-21-14/h2-7H,9H2,1H3. The van der Waals surface area contributed by atoms with Crippen molar-refractivity contribution in [1.82, 2.24) is 4.98 Å². The van der Waals surface area contributed by atoms with Crippen LogP contribution in [0, 0.1) is 11.3 Å². The lowest BCUT2D eigenvalue weighted by Gasteiger charge is -2.14. The highest BCUT2D eigenvalue weighted by molar-refractivity contribution is 6.11. The molecule has 0 bridgehead atoms. The summed E-state index contributed by atoms with van der Waals surface area (Å²) in [6.45, 7) is -0.229. The highest BCUT2D eigenvalue weighted by Crippen LogP contribution is 2.30. The number of pyridine rings is 1. The Morgan fingerprint density at radius 3 is 2.72 bits per heavy atom. The topological polar surface area (TPSA) is 81.4 Å². The Labute approximate surface area is 140 Å². The summed E-state index contributed by atoms with van der Waals surface area (Å²) in [5.41, 5.74) is -0.474. The number of methoxy groups -OCH3 is 1. The van der Waals surface area contributed by atoms with Gasteiger partial charge in [0.25, 0.3) is 0 Å². The van der Waals surface area contributed by atoms with E-state index in [-0.39, 0.29) is 29.4 Å². The molecule has 0 saturated carbocycles. The zero-order valence-electron chi connectivity index (χ0n) is 12.8. The molecule has 25 heavy (non-hydrogen) atoms. The first-order chi connectivity index (χ1) is 11.9. The van der Waals surface area contributed by atoms with Gasteiger partial charge in [-0.15, -0.1) is 13.2 Å². The van der Waals surface area contributed by atoms with Gasteiger partial charge in [-0.25, -0.2) is 0 Å². The number of hydrogen-bond acceptors (Lipinski definition) is 6. The van der Waals surface area contributed by atoms with Crippen LogP contribution in [0.2, 0.25) is 0 Å². The monoisotopic (exact) mass is 352 g/mol. The Hall–Kier alpha value is -3.12. The number of halogens is 3. The van der Waals surface area contributed by atoms with Gasteiger partial charge in [-0.2, -0.15) is 5.26 Å². The lowest BCUT2D eigenvalue weighted by molar-refractivity contribution is -0.274. The van der Waals surface area contributed by atoms with E-state index < -0.39 is 17.9 Å². The Kier molecular flexibility index (Phi) is 5.56. The van der Waals surface area contributed by atoms with E-state index in [4.69, 9.17) is 14.7 Å². The van der Waals surface area contributed by atoms with Gasteiger partial charge in [-0.05, 0) is 30.3 Å². The molecule has 0 N–H and O–H groups in total. The summed E-state index contributed by atoms with van der Waals surface area (Å²) in [7, 11) is 1.34. The van der Waals surface area contributed by atoms with Gasteiger partial charge in [0.05, 0.1) is 11.1 Å². The molecule has 6 nitrogen and oxygen atoms in total. The average Bonchev–Trinajstić information content (AvgIpc) is 2.58. The van der Waals surface area contributed by atoms with E-state index in [1.807, 2.05) is 0 Å². The van der Waals surface area contributed by atoms with E-state index in [2.05, 4.69) is 9.72 Å². The molecule has 0 unspecified atom stereocenters. The van der Waals surface area contributed by atoms with Gasteiger partial charge in [-0.1, -0.05) is 0 Å². The van der Waals surface area contributed by atoms with Crippen LogP contribution in [0.4, 0.5) is 13.2 Å². The van der Waals surface area contributed by atoms with Crippen LogP contribution in [0.3, 0.4) is 0 Å². The fourth-order valence-corrected chi connectivity index (χ4v) is 1.94. The predicted octanol–water partition coefficient (Wildman–Crippen LogP) is 3.07. The second-order valence-corrected chi connectivity index (χ2v) is 4.60. The quantitative estimate of drug-likeness (QED) is 0.587. The molecular weight excluding hydrogens is 341 g/mol. The van der Waals surface area contributed by atoms with Gasteiger partial charge in [0, 0.05) is 13.3 Å². The van der Waals surface area contributed by atoms with Crippen LogP contribution in [0.1, 0.15) is 21.6 Å². The Morgan fingerprint density at radius 1 is 1.32 bits per heavy atom. The summed E-state index contributed by atoms with van der Waals surface area (Å²) in [4.78, 5) is 16.5. The number of carbonyl (C=O) groups is 1. The van der Waals surface area contributed by atoms with Crippen molar-refractivity contribution in [3.05, 3.63) is 53.3 Å². The molecular formula is C16H11F3N2O4. The minimum atomic E-state index is -4.92. The van der Waals surface area contributed by atoms with Crippen LogP contribution in [-0.2, 0) is 4.74 Å². The van der Waals surface area contributed by atoms with Crippen LogP contribution in [-0.4, -0.2) is 31.0 Å². The van der Waals surface area contributed by atoms with E-state index in [1.165, 1.54) is 25.4 Å². The van der Waals surface area contributed by atoms with Crippen molar-refractivity contribution < 1.29 is 32.2 Å². The summed E-state index contributed by atoms with van der Waals surface area (Å²) in [5, 5.41) is 9.07. The number of nitriles is 1. The van der Waals surface area contributed by atoms with E-state index in [0.29, 0.717) is 0 Å². The van der Waals surface area contributed by atoms with Crippen LogP contribution in [0.15, 0.2) is 36.5 Å². The summed E-state index contributed by atoms with van der Waals surface area (Å²) in [6.07, 6.45) is -3.63. The molecule has 0 fully saturated rings. The normalized spacial score (nSPS) is 10.8. The van der Waals surface area contributed by atoms with Crippen molar-refractivity contribution in [2.45, 2.75) is 6.36 Å². The molecule has 9 heteroatoms. The summed E-state index contributed by atoms with van der Waals surface area (Å²) in [5.74, 6) is -1.41. The first-order valence-corrected chi connectivity index (χ1v) is 6.77. The third kappa shape index (κ3) is 4.68. The molecule has 0 amide bonds. The third-order valence-electron chi connectivity index (χ3n) is 2.90. The number of benzene rings is 1. The first-order valence-electron chi connectivity index (χ1n) is 6.77. The van der Waals surface area contributed by atoms with Gasteiger partial charge >= 0.3 is 6.36 Å². The SMILES string of the molecule is COCOc1ccc(OC(F)(F)F)cc1C(=O)c1ncccc1C#N. The molecule has 0 saturated heterocycles. The Morgan fingerprint density at radius 2 is 2.08 bits per heavy atom. The maximum atomic E-state index is 12.7. The van der Waals surface area contributed by atoms with Crippen molar-refractivity contribution in [1.29, 1.82) is 5.26 Å². The molecule has 1 aromatic carbocycles. The van der Waals surface area contributed by atoms with Crippen LogP contribution < -0.4 is 9.47 Å². The van der Waals surface area contributed by atoms with Crippen LogP contribution in [0.5, 0.6) is 11.5 Å². The number of ketones is 1. The molecule has 0 aliphatic heterocycles. The number of rotatable bonds is 6. The Balaban J connectivity index is 2.49. The fraction of sp³-hybridized carbons (Fsp3) is 0.188. The average molecular weight is 352 g/mol.